The largest absolute Gasteiger partial charge is 0.381 e. The van der Waals surface area contributed by atoms with Crippen molar-refractivity contribution in [1.29, 1.82) is 0 Å². The van der Waals surface area contributed by atoms with E-state index in [0.29, 0.717) is 12.1 Å². The van der Waals surface area contributed by atoms with Gasteiger partial charge in [-0.15, -0.1) is 24.0 Å². The van der Waals surface area contributed by atoms with Gasteiger partial charge in [-0.1, -0.05) is 30.3 Å². The first-order chi connectivity index (χ1) is 14.8. The molecule has 1 aromatic carbocycles. The average Bonchev–Trinajstić information content (AvgIpc) is 3.45. The van der Waals surface area contributed by atoms with E-state index in [0.717, 1.165) is 38.2 Å². The quantitative estimate of drug-likeness (QED) is 0.316. The van der Waals surface area contributed by atoms with Crippen molar-refractivity contribution in [2.75, 3.05) is 53.0 Å². The number of halogens is 1. The summed E-state index contributed by atoms with van der Waals surface area (Å²) in [7, 11) is 1.89. The van der Waals surface area contributed by atoms with Gasteiger partial charge in [0.2, 0.25) is 0 Å². The number of piperidine rings is 1. The van der Waals surface area contributed by atoms with E-state index < -0.39 is 0 Å². The lowest BCUT2D eigenvalue weighted by molar-refractivity contribution is 0.150. The second-order valence-electron chi connectivity index (χ2n) is 9.15. The highest BCUT2D eigenvalue weighted by molar-refractivity contribution is 14.0. The maximum Gasteiger partial charge on any atom is 0.191 e. The van der Waals surface area contributed by atoms with Gasteiger partial charge in [-0.3, -0.25) is 9.89 Å². The lowest BCUT2D eigenvalue weighted by atomic mass is 10.0. The van der Waals surface area contributed by atoms with E-state index in [9.17, 15) is 0 Å². The van der Waals surface area contributed by atoms with Crippen LogP contribution in [0.4, 0.5) is 0 Å². The molecule has 7 heteroatoms. The van der Waals surface area contributed by atoms with Crippen molar-refractivity contribution in [3.8, 4) is 0 Å². The van der Waals surface area contributed by atoms with Crippen LogP contribution in [0.5, 0.6) is 0 Å². The predicted molar refractivity (Wildman–Crippen MR) is 138 cm³/mol. The van der Waals surface area contributed by atoms with Crippen LogP contribution in [0.3, 0.4) is 0 Å². The zero-order chi connectivity index (χ0) is 20.6. The molecule has 0 saturated carbocycles. The molecule has 3 heterocycles. The summed E-state index contributed by atoms with van der Waals surface area (Å²) < 4.78 is 5.53. The normalized spacial score (nSPS) is 26.0. The molecule has 0 amide bonds. The van der Waals surface area contributed by atoms with Gasteiger partial charge in [-0.25, -0.2) is 0 Å². The highest BCUT2D eigenvalue weighted by Gasteiger charge is 2.26. The number of rotatable bonds is 7. The molecular weight excluding hydrogens is 501 g/mol. The van der Waals surface area contributed by atoms with Crippen LogP contribution in [0.2, 0.25) is 0 Å². The molecule has 2 N–H and O–H groups in total. The molecule has 4 rings (SSSR count). The Morgan fingerprint density at radius 3 is 2.61 bits per heavy atom. The molecule has 3 fully saturated rings. The number of benzene rings is 1. The highest BCUT2D eigenvalue weighted by Crippen LogP contribution is 2.20. The van der Waals surface area contributed by atoms with Crippen LogP contribution < -0.4 is 10.6 Å². The summed E-state index contributed by atoms with van der Waals surface area (Å²) in [6.45, 7) is 8.68. The van der Waals surface area contributed by atoms with Crippen molar-refractivity contribution >= 4 is 29.9 Å². The van der Waals surface area contributed by atoms with Crippen molar-refractivity contribution < 1.29 is 4.74 Å². The maximum absolute atomic E-state index is 5.53. The SMILES string of the molecule is CN=C(NCC1CCCN1Cc1ccccc1)NC1CCN(CC2CCOC2)CC1.I. The Balaban J connectivity index is 0.00000272. The number of guanidine groups is 1. The fourth-order valence-electron chi connectivity index (χ4n) is 5.11. The van der Waals surface area contributed by atoms with Crippen LogP contribution in [-0.4, -0.2) is 80.8 Å². The molecule has 3 aliphatic heterocycles. The smallest absolute Gasteiger partial charge is 0.191 e. The number of likely N-dealkylation sites (tertiary alicyclic amines) is 2. The van der Waals surface area contributed by atoms with Crippen molar-refractivity contribution in [3.05, 3.63) is 35.9 Å². The Kier molecular flexibility index (Phi) is 10.3. The summed E-state index contributed by atoms with van der Waals surface area (Å²) >= 11 is 0. The first-order valence-electron chi connectivity index (χ1n) is 11.9. The fourth-order valence-corrected chi connectivity index (χ4v) is 5.11. The molecule has 3 saturated heterocycles. The number of hydrogen-bond acceptors (Lipinski definition) is 4. The molecule has 0 aliphatic carbocycles. The van der Waals surface area contributed by atoms with Crippen molar-refractivity contribution in [2.45, 2.75) is 50.7 Å². The third-order valence-electron chi connectivity index (χ3n) is 6.93. The maximum atomic E-state index is 5.53. The molecular formula is C24H40IN5O. The van der Waals surface area contributed by atoms with E-state index in [-0.39, 0.29) is 24.0 Å². The number of hydrogen-bond donors (Lipinski definition) is 2. The van der Waals surface area contributed by atoms with Gasteiger partial charge < -0.3 is 20.3 Å². The first kappa shape index (κ1) is 24.7. The summed E-state index contributed by atoms with van der Waals surface area (Å²) in [5, 5.41) is 7.29. The van der Waals surface area contributed by atoms with E-state index in [4.69, 9.17) is 4.74 Å². The fraction of sp³-hybridized carbons (Fsp3) is 0.708. The minimum absolute atomic E-state index is 0. The second-order valence-corrected chi connectivity index (χ2v) is 9.15. The lowest BCUT2D eigenvalue weighted by Crippen LogP contribution is -2.51. The zero-order valence-corrected chi connectivity index (χ0v) is 21.3. The van der Waals surface area contributed by atoms with Gasteiger partial charge in [-0.05, 0) is 50.1 Å². The molecule has 0 aromatic heterocycles. The molecule has 1 aromatic rings. The van der Waals surface area contributed by atoms with E-state index in [1.54, 1.807) is 0 Å². The van der Waals surface area contributed by atoms with E-state index in [2.05, 4.69) is 55.8 Å². The van der Waals surface area contributed by atoms with E-state index in [1.807, 2.05) is 7.05 Å². The summed E-state index contributed by atoms with van der Waals surface area (Å²) in [5.41, 5.74) is 1.41. The average molecular weight is 542 g/mol. The molecule has 2 unspecified atom stereocenters. The third kappa shape index (κ3) is 7.58. The van der Waals surface area contributed by atoms with Gasteiger partial charge in [-0.2, -0.15) is 0 Å². The van der Waals surface area contributed by atoms with Gasteiger partial charge in [0, 0.05) is 58.5 Å². The number of aliphatic imine (C=N–C) groups is 1. The number of nitrogens with zero attached hydrogens (tertiary/aromatic N) is 3. The summed E-state index contributed by atoms with van der Waals surface area (Å²) in [5.74, 6) is 1.71. The van der Waals surface area contributed by atoms with Crippen molar-refractivity contribution in [3.63, 3.8) is 0 Å². The van der Waals surface area contributed by atoms with Crippen molar-refractivity contribution in [2.24, 2.45) is 10.9 Å². The summed E-state index contributed by atoms with van der Waals surface area (Å²) in [6, 6.07) is 11.9. The van der Waals surface area contributed by atoms with Gasteiger partial charge >= 0.3 is 0 Å². The predicted octanol–water partition coefficient (Wildman–Crippen LogP) is 2.93. The Hall–Kier alpha value is -0.900. The van der Waals surface area contributed by atoms with Crippen LogP contribution >= 0.6 is 24.0 Å². The number of nitrogens with one attached hydrogen (secondary N) is 2. The molecule has 0 bridgehead atoms. The van der Waals surface area contributed by atoms with E-state index >= 15 is 0 Å². The zero-order valence-electron chi connectivity index (χ0n) is 19.0. The van der Waals surface area contributed by atoms with Gasteiger partial charge in [0.15, 0.2) is 5.96 Å². The lowest BCUT2D eigenvalue weighted by Gasteiger charge is -2.34. The number of ether oxygens (including phenoxy) is 1. The molecule has 174 valence electrons. The molecule has 2 atom stereocenters. The molecule has 3 aliphatic rings. The Labute approximate surface area is 205 Å². The van der Waals surface area contributed by atoms with Gasteiger partial charge in [0.1, 0.15) is 0 Å². The van der Waals surface area contributed by atoms with Gasteiger partial charge in [0.05, 0.1) is 6.61 Å². The van der Waals surface area contributed by atoms with Crippen LogP contribution in [0.1, 0.15) is 37.7 Å². The minimum Gasteiger partial charge on any atom is -0.381 e. The Bertz CT molecular complexity index is 659. The highest BCUT2D eigenvalue weighted by atomic mass is 127. The topological polar surface area (TPSA) is 52.1 Å². The Morgan fingerprint density at radius 1 is 1.10 bits per heavy atom. The molecule has 0 spiro atoms. The van der Waals surface area contributed by atoms with Crippen molar-refractivity contribution in [1.82, 2.24) is 20.4 Å². The summed E-state index contributed by atoms with van der Waals surface area (Å²) in [6.07, 6.45) is 6.17. The summed E-state index contributed by atoms with van der Waals surface area (Å²) in [4.78, 5) is 9.73. The first-order valence-corrected chi connectivity index (χ1v) is 11.9. The van der Waals surface area contributed by atoms with Crippen LogP contribution in [0.15, 0.2) is 35.3 Å². The third-order valence-corrected chi connectivity index (χ3v) is 6.93. The molecule has 0 radical (unpaired) electrons. The van der Waals surface area contributed by atoms with E-state index in [1.165, 1.54) is 63.8 Å². The Morgan fingerprint density at radius 2 is 1.90 bits per heavy atom. The second kappa shape index (κ2) is 13.0. The van der Waals surface area contributed by atoms with Gasteiger partial charge in [0.25, 0.3) is 0 Å². The monoisotopic (exact) mass is 541 g/mol. The molecule has 6 nitrogen and oxygen atoms in total. The standard InChI is InChI=1S/C24H39N5O.HI/c1-25-24(27-22-9-13-28(14-10-22)17-21-11-15-30-19-21)26-16-23-8-5-12-29(23)18-20-6-3-2-4-7-20;/h2-4,6-7,21-23H,5,8-19H2,1H3,(H2,25,26,27);1H. The minimum atomic E-state index is 0. The van der Waals surface area contributed by atoms with Crippen LogP contribution in [-0.2, 0) is 11.3 Å². The van der Waals surface area contributed by atoms with Crippen LogP contribution in [0.25, 0.3) is 0 Å². The van der Waals surface area contributed by atoms with Crippen LogP contribution in [0, 0.1) is 5.92 Å². The molecule has 31 heavy (non-hydrogen) atoms.